The zero-order valence-corrected chi connectivity index (χ0v) is 14.6. The van der Waals surface area contributed by atoms with Gasteiger partial charge < -0.3 is 9.47 Å². The van der Waals surface area contributed by atoms with Gasteiger partial charge in [0, 0.05) is 19.0 Å². The molecule has 1 saturated heterocycles. The van der Waals surface area contributed by atoms with Crippen molar-refractivity contribution in [1.29, 1.82) is 0 Å². The van der Waals surface area contributed by atoms with Gasteiger partial charge in [-0.25, -0.2) is 9.37 Å². The predicted molar refractivity (Wildman–Crippen MR) is 99.3 cm³/mol. The number of para-hydroxylation sites is 2. The summed E-state index contributed by atoms with van der Waals surface area (Å²) in [5.74, 6) is 0.158. The molecule has 1 aromatic heterocycles. The van der Waals surface area contributed by atoms with Gasteiger partial charge in [-0.1, -0.05) is 30.7 Å². The lowest BCUT2D eigenvalue weighted by atomic mass is 9.94. The molecule has 2 heterocycles. The summed E-state index contributed by atoms with van der Waals surface area (Å²) in [6.45, 7) is 1.77. The number of imidazole rings is 1. The Bertz CT molecular complexity index is 903. The third kappa shape index (κ3) is 3.47. The number of likely N-dealkylation sites (tertiary alicyclic amines) is 1. The Morgan fingerprint density at radius 2 is 1.92 bits per heavy atom. The predicted octanol–water partition coefficient (Wildman–Crippen LogP) is 3.97. The second kappa shape index (κ2) is 7.28. The van der Waals surface area contributed by atoms with Gasteiger partial charge in [0.05, 0.1) is 17.4 Å². The zero-order valence-electron chi connectivity index (χ0n) is 14.6. The van der Waals surface area contributed by atoms with Crippen molar-refractivity contribution in [3.8, 4) is 0 Å². The van der Waals surface area contributed by atoms with Gasteiger partial charge in [0.1, 0.15) is 12.4 Å². The minimum atomic E-state index is -0.220. The maximum atomic E-state index is 13.2. The van der Waals surface area contributed by atoms with Crippen LogP contribution in [0.2, 0.25) is 0 Å². The average Bonchev–Trinajstić information content (AvgIpc) is 2.89. The SMILES string of the molecule is O=C(Cn1cnc2ccccc21)N1CCCCC(c2ccc(F)cc2)C1. The number of aromatic nitrogens is 2. The molecule has 134 valence electrons. The van der Waals surface area contributed by atoms with E-state index in [4.69, 9.17) is 0 Å². The van der Waals surface area contributed by atoms with Crippen molar-refractivity contribution in [1.82, 2.24) is 14.5 Å². The van der Waals surface area contributed by atoms with Crippen molar-refractivity contribution in [2.45, 2.75) is 31.7 Å². The Labute approximate surface area is 152 Å². The first-order chi connectivity index (χ1) is 12.7. The van der Waals surface area contributed by atoms with Crippen LogP contribution in [0.4, 0.5) is 4.39 Å². The molecule has 1 fully saturated rings. The van der Waals surface area contributed by atoms with Gasteiger partial charge in [-0.05, 0) is 42.7 Å². The molecule has 5 heteroatoms. The molecular formula is C21H22FN3O. The van der Waals surface area contributed by atoms with Crippen molar-refractivity contribution >= 4 is 16.9 Å². The highest BCUT2D eigenvalue weighted by molar-refractivity contribution is 5.80. The quantitative estimate of drug-likeness (QED) is 0.716. The maximum Gasteiger partial charge on any atom is 0.242 e. The molecule has 26 heavy (non-hydrogen) atoms. The number of rotatable bonds is 3. The summed E-state index contributed by atoms with van der Waals surface area (Å²) >= 11 is 0. The van der Waals surface area contributed by atoms with E-state index in [0.29, 0.717) is 13.1 Å². The van der Waals surface area contributed by atoms with Crippen LogP contribution in [0, 0.1) is 5.82 Å². The minimum absolute atomic E-state index is 0.113. The lowest BCUT2D eigenvalue weighted by molar-refractivity contribution is -0.131. The molecule has 4 rings (SSSR count). The van der Waals surface area contributed by atoms with Crippen LogP contribution in [-0.4, -0.2) is 33.4 Å². The van der Waals surface area contributed by atoms with Crippen LogP contribution in [0.15, 0.2) is 54.9 Å². The van der Waals surface area contributed by atoms with Gasteiger partial charge in [-0.2, -0.15) is 0 Å². The van der Waals surface area contributed by atoms with Crippen LogP contribution < -0.4 is 0 Å². The van der Waals surface area contributed by atoms with Crippen LogP contribution in [0.5, 0.6) is 0 Å². The molecule has 0 bridgehead atoms. The molecule has 1 unspecified atom stereocenters. The number of halogens is 1. The normalized spacial score (nSPS) is 18.0. The Morgan fingerprint density at radius 1 is 1.12 bits per heavy atom. The molecule has 0 aliphatic carbocycles. The van der Waals surface area contributed by atoms with E-state index in [1.54, 1.807) is 6.33 Å². The van der Waals surface area contributed by atoms with E-state index in [1.165, 1.54) is 12.1 Å². The Morgan fingerprint density at radius 3 is 2.77 bits per heavy atom. The van der Waals surface area contributed by atoms with Gasteiger partial charge in [-0.15, -0.1) is 0 Å². The fourth-order valence-electron chi connectivity index (χ4n) is 3.76. The van der Waals surface area contributed by atoms with Gasteiger partial charge in [0.25, 0.3) is 0 Å². The maximum absolute atomic E-state index is 13.2. The molecule has 0 N–H and O–H groups in total. The van der Waals surface area contributed by atoms with Crippen molar-refractivity contribution in [3.63, 3.8) is 0 Å². The third-order valence-electron chi connectivity index (χ3n) is 5.20. The fraction of sp³-hybridized carbons (Fsp3) is 0.333. The summed E-state index contributed by atoms with van der Waals surface area (Å²) in [6.07, 6.45) is 4.86. The van der Waals surface area contributed by atoms with Gasteiger partial charge >= 0.3 is 0 Å². The first-order valence-corrected chi connectivity index (χ1v) is 9.14. The van der Waals surface area contributed by atoms with Crippen LogP contribution in [0.3, 0.4) is 0 Å². The van der Waals surface area contributed by atoms with Crippen molar-refractivity contribution in [3.05, 3.63) is 66.2 Å². The van der Waals surface area contributed by atoms with E-state index in [9.17, 15) is 9.18 Å². The average molecular weight is 351 g/mol. The molecule has 1 amide bonds. The largest absolute Gasteiger partial charge is 0.341 e. The summed E-state index contributed by atoms with van der Waals surface area (Å²) in [7, 11) is 0. The van der Waals surface area contributed by atoms with E-state index < -0.39 is 0 Å². The fourth-order valence-corrected chi connectivity index (χ4v) is 3.76. The highest BCUT2D eigenvalue weighted by Crippen LogP contribution is 2.27. The molecule has 2 aromatic carbocycles. The van der Waals surface area contributed by atoms with Crippen LogP contribution in [-0.2, 0) is 11.3 Å². The van der Waals surface area contributed by atoms with Gasteiger partial charge in [0.15, 0.2) is 0 Å². The Kier molecular flexibility index (Phi) is 4.69. The van der Waals surface area contributed by atoms with E-state index in [2.05, 4.69) is 4.98 Å². The Balaban J connectivity index is 1.50. The van der Waals surface area contributed by atoms with Gasteiger partial charge in [-0.3, -0.25) is 4.79 Å². The van der Waals surface area contributed by atoms with Crippen LogP contribution in [0.25, 0.3) is 11.0 Å². The molecule has 0 spiro atoms. The van der Waals surface area contributed by atoms with E-state index in [-0.39, 0.29) is 17.6 Å². The molecule has 3 aromatic rings. The van der Waals surface area contributed by atoms with Crippen molar-refractivity contribution in [2.24, 2.45) is 0 Å². The summed E-state index contributed by atoms with van der Waals surface area (Å²) in [4.78, 5) is 19.2. The number of hydrogen-bond donors (Lipinski definition) is 0. The second-order valence-electron chi connectivity index (χ2n) is 6.95. The summed E-state index contributed by atoms with van der Waals surface area (Å²) in [5.41, 5.74) is 2.99. The number of nitrogens with zero attached hydrogens (tertiary/aromatic N) is 3. The highest BCUT2D eigenvalue weighted by atomic mass is 19.1. The second-order valence-corrected chi connectivity index (χ2v) is 6.95. The lowest BCUT2D eigenvalue weighted by Gasteiger charge is -2.25. The monoisotopic (exact) mass is 351 g/mol. The summed E-state index contributed by atoms with van der Waals surface area (Å²) < 4.78 is 15.1. The highest BCUT2D eigenvalue weighted by Gasteiger charge is 2.23. The molecule has 1 aliphatic heterocycles. The minimum Gasteiger partial charge on any atom is -0.341 e. The van der Waals surface area contributed by atoms with Crippen LogP contribution in [0.1, 0.15) is 30.7 Å². The standard InChI is InChI=1S/C21H22FN3O/c22-18-10-8-16(9-11-18)17-5-3-4-12-24(13-17)21(26)14-25-15-23-19-6-1-2-7-20(19)25/h1-2,6-11,15,17H,3-5,12-14H2. The molecule has 4 nitrogen and oxygen atoms in total. The van der Waals surface area contributed by atoms with E-state index in [0.717, 1.165) is 42.4 Å². The summed E-state index contributed by atoms with van der Waals surface area (Å²) in [6, 6.07) is 14.5. The lowest BCUT2D eigenvalue weighted by Crippen LogP contribution is -2.36. The first-order valence-electron chi connectivity index (χ1n) is 9.14. The van der Waals surface area contributed by atoms with Gasteiger partial charge in [0.2, 0.25) is 5.91 Å². The van der Waals surface area contributed by atoms with Crippen molar-refractivity contribution in [2.75, 3.05) is 13.1 Å². The molecule has 1 aliphatic rings. The third-order valence-corrected chi connectivity index (χ3v) is 5.20. The molecule has 0 radical (unpaired) electrons. The number of carbonyl (C=O) groups excluding carboxylic acids is 1. The smallest absolute Gasteiger partial charge is 0.242 e. The molecular weight excluding hydrogens is 329 g/mol. The topological polar surface area (TPSA) is 38.1 Å². The van der Waals surface area contributed by atoms with Crippen LogP contribution >= 0.6 is 0 Å². The molecule has 0 saturated carbocycles. The summed E-state index contributed by atoms with van der Waals surface area (Å²) in [5, 5.41) is 0. The van der Waals surface area contributed by atoms with Crippen molar-refractivity contribution < 1.29 is 9.18 Å². The zero-order chi connectivity index (χ0) is 17.9. The number of benzene rings is 2. The number of fused-ring (bicyclic) bond motifs is 1. The Hall–Kier alpha value is -2.69. The number of carbonyl (C=O) groups is 1. The van der Waals surface area contributed by atoms with E-state index in [1.807, 2.05) is 45.9 Å². The number of amides is 1. The molecule has 1 atom stereocenters. The number of hydrogen-bond acceptors (Lipinski definition) is 2. The van der Waals surface area contributed by atoms with E-state index >= 15 is 0 Å². The first kappa shape index (κ1) is 16.8.